The molecule has 1 aliphatic rings. The van der Waals surface area contributed by atoms with Gasteiger partial charge in [0, 0.05) is 12.6 Å². The first kappa shape index (κ1) is 21.0. The Morgan fingerprint density at radius 3 is 2.44 bits per heavy atom. The van der Waals surface area contributed by atoms with E-state index < -0.39 is 22.4 Å². The van der Waals surface area contributed by atoms with Crippen LogP contribution in [0.5, 0.6) is 11.5 Å². The quantitative estimate of drug-likeness (QED) is 0.597. The summed E-state index contributed by atoms with van der Waals surface area (Å²) in [6, 6.07) is 4.72. The Hall–Kier alpha value is -2.29. The lowest BCUT2D eigenvalue weighted by atomic mass is 10.1. The first-order chi connectivity index (χ1) is 12.8. The molecule has 0 saturated carbocycles. The Labute approximate surface area is 159 Å². The van der Waals surface area contributed by atoms with Crippen LogP contribution in [0.15, 0.2) is 18.2 Å². The van der Waals surface area contributed by atoms with Crippen molar-refractivity contribution in [3.63, 3.8) is 0 Å². The summed E-state index contributed by atoms with van der Waals surface area (Å²) >= 11 is 0. The van der Waals surface area contributed by atoms with Crippen molar-refractivity contribution in [3.05, 3.63) is 23.8 Å². The van der Waals surface area contributed by atoms with Crippen molar-refractivity contribution in [1.29, 1.82) is 0 Å². The fourth-order valence-electron chi connectivity index (χ4n) is 3.09. The molecular formula is C18H25NO7S. The molecular weight excluding hydrogens is 374 g/mol. The summed E-state index contributed by atoms with van der Waals surface area (Å²) in [6.45, 7) is 1.73. The Kier molecular flexibility index (Phi) is 7.06. The molecule has 1 aliphatic heterocycles. The van der Waals surface area contributed by atoms with Gasteiger partial charge in [0.1, 0.15) is 0 Å². The smallest absolute Gasteiger partial charge is 0.310 e. The Morgan fingerprint density at radius 2 is 1.89 bits per heavy atom. The van der Waals surface area contributed by atoms with E-state index in [0.29, 0.717) is 30.0 Å². The second kappa shape index (κ2) is 9.07. The maximum atomic E-state index is 12.3. The van der Waals surface area contributed by atoms with Gasteiger partial charge in [0.15, 0.2) is 27.9 Å². The number of esters is 1. The maximum absolute atomic E-state index is 12.3. The molecule has 1 aromatic rings. The molecule has 0 spiro atoms. The van der Waals surface area contributed by atoms with E-state index in [-0.39, 0.29) is 29.9 Å². The molecule has 0 N–H and O–H groups in total. The zero-order chi connectivity index (χ0) is 20.0. The van der Waals surface area contributed by atoms with E-state index in [2.05, 4.69) is 0 Å². The van der Waals surface area contributed by atoms with E-state index in [0.717, 1.165) is 0 Å². The van der Waals surface area contributed by atoms with Crippen LogP contribution in [0, 0.1) is 0 Å². The first-order valence-corrected chi connectivity index (χ1v) is 10.5. The number of hydrogen-bond acceptors (Lipinski definition) is 7. The highest BCUT2D eigenvalue weighted by Crippen LogP contribution is 2.27. The Bertz CT molecular complexity index is 791. The summed E-state index contributed by atoms with van der Waals surface area (Å²) in [6.07, 6.45) is 0.402. The van der Waals surface area contributed by atoms with Crippen LogP contribution < -0.4 is 9.47 Å². The molecule has 0 aromatic heterocycles. The number of rotatable bonds is 8. The Morgan fingerprint density at radius 1 is 1.19 bits per heavy atom. The number of sulfone groups is 1. The number of carbonyl (C=O) groups is 2. The molecule has 1 fully saturated rings. The number of nitrogens with zero attached hydrogens (tertiary/aromatic N) is 1. The van der Waals surface area contributed by atoms with E-state index in [4.69, 9.17) is 14.2 Å². The van der Waals surface area contributed by atoms with Crippen molar-refractivity contribution in [3.8, 4) is 11.5 Å². The number of likely N-dealkylation sites (N-methyl/N-ethyl adjacent to an activating group) is 1. The van der Waals surface area contributed by atoms with Gasteiger partial charge >= 0.3 is 5.97 Å². The summed E-state index contributed by atoms with van der Waals surface area (Å²) in [5.74, 6) is 0.159. The van der Waals surface area contributed by atoms with Gasteiger partial charge in [0.2, 0.25) is 0 Å². The highest BCUT2D eigenvalue weighted by Gasteiger charge is 2.34. The van der Waals surface area contributed by atoms with Crippen molar-refractivity contribution < 1.29 is 32.2 Å². The second-order valence-electron chi connectivity index (χ2n) is 6.26. The number of benzene rings is 1. The SMILES string of the molecule is CCN(C(=O)COC(=O)Cc1ccc(OC)c(OC)c1)C1CCS(=O)(=O)C1. The monoisotopic (exact) mass is 399 g/mol. The summed E-state index contributed by atoms with van der Waals surface area (Å²) in [4.78, 5) is 25.8. The number of ether oxygens (including phenoxy) is 3. The minimum atomic E-state index is -3.09. The fraction of sp³-hybridized carbons (Fsp3) is 0.556. The molecule has 150 valence electrons. The van der Waals surface area contributed by atoms with Crippen LogP contribution in [0.2, 0.25) is 0 Å². The molecule has 1 aromatic carbocycles. The van der Waals surface area contributed by atoms with Gasteiger partial charge in [0.05, 0.1) is 32.1 Å². The third-order valence-electron chi connectivity index (χ3n) is 4.46. The normalized spacial score (nSPS) is 18.0. The average Bonchev–Trinajstić information content (AvgIpc) is 3.00. The van der Waals surface area contributed by atoms with Crippen molar-refractivity contribution in [2.24, 2.45) is 0 Å². The van der Waals surface area contributed by atoms with Crippen LogP contribution >= 0.6 is 0 Å². The predicted molar refractivity (Wildman–Crippen MR) is 98.7 cm³/mol. The van der Waals surface area contributed by atoms with Crippen molar-refractivity contribution in [2.75, 3.05) is 38.9 Å². The molecule has 0 aliphatic carbocycles. The van der Waals surface area contributed by atoms with Gasteiger partial charge in [-0.1, -0.05) is 6.07 Å². The Balaban J connectivity index is 1.90. The van der Waals surface area contributed by atoms with Crippen LogP contribution in [0.1, 0.15) is 18.9 Å². The van der Waals surface area contributed by atoms with Crippen molar-refractivity contribution >= 4 is 21.7 Å². The van der Waals surface area contributed by atoms with E-state index in [1.807, 2.05) is 0 Å². The van der Waals surface area contributed by atoms with Crippen LogP contribution in [0.4, 0.5) is 0 Å². The van der Waals surface area contributed by atoms with Gasteiger partial charge in [-0.05, 0) is 31.0 Å². The maximum Gasteiger partial charge on any atom is 0.310 e. The van der Waals surface area contributed by atoms with Crippen molar-refractivity contribution in [1.82, 2.24) is 4.90 Å². The van der Waals surface area contributed by atoms with E-state index in [1.54, 1.807) is 25.1 Å². The lowest BCUT2D eigenvalue weighted by molar-refractivity contribution is -0.152. The van der Waals surface area contributed by atoms with Crippen LogP contribution in [-0.2, 0) is 30.6 Å². The minimum Gasteiger partial charge on any atom is -0.493 e. The standard InChI is InChI=1S/C18H25NO7S/c1-4-19(14-7-8-27(22,23)12-14)17(20)11-26-18(21)10-13-5-6-15(24-2)16(9-13)25-3/h5-6,9,14H,4,7-8,10-12H2,1-3H3. The summed E-state index contributed by atoms with van der Waals surface area (Å²) in [7, 11) is -0.0707. The lowest BCUT2D eigenvalue weighted by Crippen LogP contribution is -2.43. The molecule has 1 heterocycles. The number of carbonyl (C=O) groups excluding carboxylic acids is 2. The van der Waals surface area contributed by atoms with Crippen molar-refractivity contribution in [2.45, 2.75) is 25.8 Å². The highest BCUT2D eigenvalue weighted by atomic mass is 32.2. The molecule has 2 rings (SSSR count). The summed E-state index contributed by atoms with van der Waals surface area (Å²) < 4.78 is 38.6. The van der Waals surface area contributed by atoms with E-state index in [1.165, 1.54) is 19.1 Å². The minimum absolute atomic E-state index is 0.0163. The zero-order valence-electron chi connectivity index (χ0n) is 15.8. The lowest BCUT2D eigenvalue weighted by Gasteiger charge is -2.26. The van der Waals surface area contributed by atoms with E-state index in [9.17, 15) is 18.0 Å². The topological polar surface area (TPSA) is 99.2 Å². The molecule has 8 nitrogen and oxygen atoms in total. The molecule has 1 unspecified atom stereocenters. The number of hydrogen-bond donors (Lipinski definition) is 0. The van der Waals surface area contributed by atoms with Gasteiger partial charge in [0.25, 0.3) is 5.91 Å². The van der Waals surface area contributed by atoms with Gasteiger partial charge in [-0.15, -0.1) is 0 Å². The van der Waals surface area contributed by atoms with Gasteiger partial charge in [-0.2, -0.15) is 0 Å². The molecule has 1 saturated heterocycles. The first-order valence-electron chi connectivity index (χ1n) is 8.66. The van der Waals surface area contributed by atoms with Gasteiger partial charge < -0.3 is 19.1 Å². The summed E-state index contributed by atoms with van der Waals surface area (Å²) in [5.41, 5.74) is 0.666. The molecule has 0 bridgehead atoms. The second-order valence-corrected chi connectivity index (χ2v) is 8.49. The van der Waals surface area contributed by atoms with Crippen LogP contribution in [-0.4, -0.2) is 70.1 Å². The van der Waals surface area contributed by atoms with Gasteiger partial charge in [-0.3, -0.25) is 9.59 Å². The molecule has 1 amide bonds. The number of amides is 1. The van der Waals surface area contributed by atoms with Gasteiger partial charge in [-0.25, -0.2) is 8.42 Å². The molecule has 0 radical (unpaired) electrons. The van der Waals surface area contributed by atoms with Crippen LogP contribution in [0.25, 0.3) is 0 Å². The average molecular weight is 399 g/mol. The molecule has 1 atom stereocenters. The third-order valence-corrected chi connectivity index (χ3v) is 6.21. The zero-order valence-corrected chi connectivity index (χ0v) is 16.6. The van der Waals surface area contributed by atoms with E-state index >= 15 is 0 Å². The molecule has 9 heteroatoms. The third kappa shape index (κ3) is 5.59. The largest absolute Gasteiger partial charge is 0.493 e. The predicted octanol–water partition coefficient (Wildman–Crippen LogP) is 0.825. The number of methoxy groups -OCH3 is 2. The highest BCUT2D eigenvalue weighted by molar-refractivity contribution is 7.91. The fourth-order valence-corrected chi connectivity index (χ4v) is 4.82. The molecule has 27 heavy (non-hydrogen) atoms. The van der Waals surface area contributed by atoms with Crippen LogP contribution in [0.3, 0.4) is 0 Å². The summed E-state index contributed by atoms with van der Waals surface area (Å²) in [5, 5.41) is 0.